The number of ether oxygens (including phenoxy) is 2. The van der Waals surface area contributed by atoms with Crippen LogP contribution in [0.15, 0.2) is 54.9 Å². The molecule has 27 heavy (non-hydrogen) atoms. The predicted molar refractivity (Wildman–Crippen MR) is 98.7 cm³/mol. The molecule has 3 rings (SSSR count). The minimum absolute atomic E-state index is 0.129. The number of rotatable bonds is 8. The Bertz CT molecular complexity index is 891. The third-order valence-electron chi connectivity index (χ3n) is 3.60. The van der Waals surface area contributed by atoms with Gasteiger partial charge < -0.3 is 20.1 Å². The normalized spacial score (nSPS) is 10.3. The monoisotopic (exact) mass is 372 g/mol. The quantitative estimate of drug-likeness (QED) is 0.583. The summed E-state index contributed by atoms with van der Waals surface area (Å²) in [6.45, 7) is 0.930. The van der Waals surface area contributed by atoms with Crippen LogP contribution in [0.2, 0.25) is 0 Å². The number of halogens is 2. The molecule has 0 unspecified atom stereocenters. The van der Waals surface area contributed by atoms with E-state index in [0.717, 1.165) is 17.6 Å². The second-order valence-corrected chi connectivity index (χ2v) is 5.49. The summed E-state index contributed by atoms with van der Waals surface area (Å²) in [7, 11) is 1.61. The molecule has 0 spiro atoms. The number of methoxy groups -OCH3 is 1. The zero-order valence-electron chi connectivity index (χ0n) is 14.6. The Morgan fingerprint density at radius 1 is 0.926 bits per heavy atom. The summed E-state index contributed by atoms with van der Waals surface area (Å²) in [6, 6.07) is 12.2. The highest BCUT2D eigenvalue weighted by Gasteiger charge is 2.06. The lowest BCUT2D eigenvalue weighted by molar-refractivity contribution is 0.331. The van der Waals surface area contributed by atoms with Gasteiger partial charge in [-0.05, 0) is 36.4 Å². The van der Waals surface area contributed by atoms with Gasteiger partial charge in [-0.15, -0.1) is 0 Å². The maximum Gasteiger partial charge on any atom is 0.149 e. The molecule has 1 heterocycles. The zero-order valence-corrected chi connectivity index (χ0v) is 14.6. The molecule has 0 saturated heterocycles. The van der Waals surface area contributed by atoms with Gasteiger partial charge in [0.05, 0.1) is 19.3 Å². The Morgan fingerprint density at radius 2 is 1.67 bits per heavy atom. The van der Waals surface area contributed by atoms with Gasteiger partial charge in [0.15, 0.2) is 0 Å². The average molecular weight is 372 g/mol. The van der Waals surface area contributed by atoms with Gasteiger partial charge in [0.1, 0.15) is 47.7 Å². The van der Waals surface area contributed by atoms with Crippen LogP contribution in [0.3, 0.4) is 0 Å². The van der Waals surface area contributed by atoms with Crippen molar-refractivity contribution in [2.75, 3.05) is 30.9 Å². The number of hydrogen-bond acceptors (Lipinski definition) is 6. The Kier molecular flexibility index (Phi) is 5.98. The lowest BCUT2D eigenvalue weighted by Crippen LogP contribution is -2.12. The molecule has 6 nitrogen and oxygen atoms in total. The summed E-state index contributed by atoms with van der Waals surface area (Å²) in [6.07, 6.45) is 1.34. The summed E-state index contributed by atoms with van der Waals surface area (Å²) in [5.74, 6) is 1.09. The second-order valence-electron chi connectivity index (χ2n) is 5.49. The molecular weight excluding hydrogens is 354 g/mol. The number of hydrogen-bond donors (Lipinski definition) is 2. The first kappa shape index (κ1) is 18.4. The number of aromatic nitrogens is 2. The predicted octanol–water partition coefficient (Wildman–Crippen LogP) is 4.00. The molecule has 1 aromatic heterocycles. The lowest BCUT2D eigenvalue weighted by atomic mass is 10.3. The van der Waals surface area contributed by atoms with Gasteiger partial charge >= 0.3 is 0 Å². The molecule has 0 aliphatic rings. The van der Waals surface area contributed by atoms with Crippen molar-refractivity contribution < 1.29 is 18.3 Å². The molecule has 2 aromatic carbocycles. The highest BCUT2D eigenvalue weighted by molar-refractivity contribution is 5.59. The molecule has 0 bridgehead atoms. The second kappa shape index (κ2) is 8.79. The van der Waals surface area contributed by atoms with Gasteiger partial charge in [0.25, 0.3) is 0 Å². The summed E-state index contributed by atoms with van der Waals surface area (Å²) < 4.78 is 37.4. The van der Waals surface area contributed by atoms with Gasteiger partial charge in [0, 0.05) is 12.1 Å². The van der Waals surface area contributed by atoms with Crippen molar-refractivity contribution in [2.45, 2.75) is 0 Å². The van der Waals surface area contributed by atoms with Crippen LogP contribution in [-0.2, 0) is 0 Å². The van der Waals surface area contributed by atoms with Crippen LogP contribution >= 0.6 is 0 Å². The molecule has 2 N–H and O–H groups in total. The molecule has 3 aromatic rings. The van der Waals surface area contributed by atoms with Crippen molar-refractivity contribution in [1.29, 1.82) is 0 Å². The summed E-state index contributed by atoms with van der Waals surface area (Å²) in [4.78, 5) is 8.12. The van der Waals surface area contributed by atoms with E-state index in [-0.39, 0.29) is 5.69 Å². The third-order valence-corrected chi connectivity index (χ3v) is 3.60. The molecular formula is C19H18F2N4O2. The van der Waals surface area contributed by atoms with Crippen molar-refractivity contribution in [1.82, 2.24) is 9.97 Å². The Hall–Kier alpha value is -3.42. The molecule has 0 radical (unpaired) electrons. The number of anilines is 3. The van der Waals surface area contributed by atoms with Crippen LogP contribution in [0.5, 0.6) is 11.5 Å². The number of nitrogens with one attached hydrogen (secondary N) is 2. The van der Waals surface area contributed by atoms with Gasteiger partial charge in [-0.1, -0.05) is 0 Å². The summed E-state index contributed by atoms with van der Waals surface area (Å²) in [5.41, 5.74) is 0.129. The molecule has 0 aliphatic carbocycles. The smallest absolute Gasteiger partial charge is 0.149 e. The first-order valence-corrected chi connectivity index (χ1v) is 8.19. The van der Waals surface area contributed by atoms with Crippen molar-refractivity contribution in [3.63, 3.8) is 0 Å². The van der Waals surface area contributed by atoms with Crippen LogP contribution in [0.25, 0.3) is 0 Å². The zero-order chi connectivity index (χ0) is 19.1. The maximum atomic E-state index is 13.7. The molecule has 0 fully saturated rings. The topological polar surface area (TPSA) is 68.3 Å². The van der Waals surface area contributed by atoms with E-state index in [1.54, 1.807) is 13.2 Å². The standard InChI is InChI=1S/C19H18F2N4O2/c1-26-14-3-5-15(6-4-14)27-9-8-22-18-11-19(24-12-23-18)25-17-7-2-13(20)10-16(17)21/h2-7,10-12H,8-9H2,1H3,(H2,22,23,24,25). The van der Waals surface area contributed by atoms with Crippen LogP contribution in [-0.4, -0.2) is 30.2 Å². The molecule has 8 heteroatoms. The fourth-order valence-electron chi connectivity index (χ4n) is 2.27. The SMILES string of the molecule is COc1ccc(OCCNc2cc(Nc3ccc(F)cc3F)ncn2)cc1. The van der Waals surface area contributed by atoms with Crippen LogP contribution in [0, 0.1) is 11.6 Å². The molecule has 0 aliphatic heterocycles. The van der Waals surface area contributed by atoms with Gasteiger partial charge in [-0.25, -0.2) is 18.7 Å². The Balaban J connectivity index is 1.51. The van der Waals surface area contributed by atoms with Gasteiger partial charge in [0.2, 0.25) is 0 Å². The van der Waals surface area contributed by atoms with Crippen molar-refractivity contribution in [3.05, 3.63) is 66.5 Å². The van der Waals surface area contributed by atoms with E-state index in [1.807, 2.05) is 24.3 Å². The average Bonchev–Trinajstić information content (AvgIpc) is 2.68. The molecule has 140 valence electrons. The Morgan fingerprint density at radius 3 is 2.41 bits per heavy atom. The van der Waals surface area contributed by atoms with E-state index in [0.29, 0.717) is 24.8 Å². The largest absolute Gasteiger partial charge is 0.497 e. The molecule has 0 saturated carbocycles. The fourth-order valence-corrected chi connectivity index (χ4v) is 2.27. The van der Waals surface area contributed by atoms with Crippen LogP contribution in [0.1, 0.15) is 0 Å². The third kappa shape index (κ3) is 5.27. The highest BCUT2D eigenvalue weighted by Crippen LogP contribution is 2.20. The Labute approximate surface area is 155 Å². The summed E-state index contributed by atoms with van der Waals surface area (Å²) >= 11 is 0. The van der Waals surface area contributed by atoms with Gasteiger partial charge in [-0.2, -0.15) is 0 Å². The van der Waals surface area contributed by atoms with Crippen LogP contribution < -0.4 is 20.1 Å². The fraction of sp³-hybridized carbons (Fsp3) is 0.158. The van der Waals surface area contributed by atoms with E-state index in [1.165, 1.54) is 18.5 Å². The lowest BCUT2D eigenvalue weighted by Gasteiger charge is -2.10. The minimum Gasteiger partial charge on any atom is -0.497 e. The van der Waals surface area contributed by atoms with E-state index >= 15 is 0 Å². The minimum atomic E-state index is -0.698. The van der Waals surface area contributed by atoms with E-state index < -0.39 is 11.6 Å². The van der Waals surface area contributed by atoms with E-state index in [2.05, 4.69) is 20.6 Å². The summed E-state index contributed by atoms with van der Waals surface area (Å²) in [5, 5.41) is 5.88. The van der Waals surface area contributed by atoms with Crippen molar-refractivity contribution in [3.8, 4) is 11.5 Å². The number of nitrogens with zero attached hydrogens (tertiary/aromatic N) is 2. The number of benzene rings is 2. The van der Waals surface area contributed by atoms with E-state index in [4.69, 9.17) is 9.47 Å². The molecule has 0 amide bonds. The molecule has 0 atom stereocenters. The van der Waals surface area contributed by atoms with Crippen LogP contribution in [0.4, 0.5) is 26.1 Å². The van der Waals surface area contributed by atoms with Gasteiger partial charge in [-0.3, -0.25) is 0 Å². The maximum absolute atomic E-state index is 13.7. The highest BCUT2D eigenvalue weighted by atomic mass is 19.1. The van der Waals surface area contributed by atoms with E-state index in [9.17, 15) is 8.78 Å². The van der Waals surface area contributed by atoms with Crippen molar-refractivity contribution in [2.24, 2.45) is 0 Å². The first-order chi connectivity index (χ1) is 13.1. The van der Waals surface area contributed by atoms with Crippen molar-refractivity contribution >= 4 is 17.3 Å². The first-order valence-electron chi connectivity index (χ1n) is 8.19.